The van der Waals surface area contributed by atoms with E-state index >= 15 is 0 Å². The number of benzene rings is 2. The summed E-state index contributed by atoms with van der Waals surface area (Å²) in [6, 6.07) is 18.6. The molecule has 21 heavy (non-hydrogen) atoms. The van der Waals surface area contributed by atoms with Gasteiger partial charge in [-0.1, -0.05) is 55.5 Å². The van der Waals surface area contributed by atoms with Gasteiger partial charge in [-0.05, 0) is 42.2 Å². The van der Waals surface area contributed by atoms with E-state index in [9.17, 15) is 0 Å². The topological polar surface area (TPSA) is 35.2 Å². The van der Waals surface area contributed by atoms with Crippen LogP contribution in [0.25, 0.3) is 6.08 Å². The maximum atomic E-state index is 5.96. The fourth-order valence-electron chi connectivity index (χ4n) is 2.06. The average molecular weight is 281 g/mol. The van der Waals surface area contributed by atoms with Crippen molar-refractivity contribution >= 4 is 6.08 Å². The van der Waals surface area contributed by atoms with Crippen LogP contribution >= 0.6 is 0 Å². The van der Waals surface area contributed by atoms with Gasteiger partial charge < -0.3 is 10.5 Å². The minimum Gasteiger partial charge on any atom is -0.490 e. The van der Waals surface area contributed by atoms with E-state index < -0.39 is 0 Å². The predicted octanol–water partition coefficient (Wildman–Crippen LogP) is 4.06. The van der Waals surface area contributed by atoms with Gasteiger partial charge in [0.2, 0.25) is 0 Å². The molecule has 0 spiro atoms. The van der Waals surface area contributed by atoms with Crippen molar-refractivity contribution in [1.82, 2.24) is 0 Å². The van der Waals surface area contributed by atoms with Gasteiger partial charge in [-0.15, -0.1) is 0 Å². The molecule has 2 heteroatoms. The third kappa shape index (κ3) is 5.44. The van der Waals surface area contributed by atoms with Crippen LogP contribution in [-0.4, -0.2) is 12.6 Å². The Morgan fingerprint density at radius 3 is 2.43 bits per heavy atom. The molecule has 2 aromatic carbocycles. The SMILES string of the molecule is CCC(N)Cc1ccc(OC/C=C/c2ccccc2)cc1. The molecular weight excluding hydrogens is 258 g/mol. The van der Waals surface area contributed by atoms with Gasteiger partial charge in [-0.25, -0.2) is 0 Å². The lowest BCUT2D eigenvalue weighted by Crippen LogP contribution is -2.21. The van der Waals surface area contributed by atoms with E-state index in [1.54, 1.807) is 0 Å². The van der Waals surface area contributed by atoms with Crippen LogP contribution in [0.1, 0.15) is 24.5 Å². The van der Waals surface area contributed by atoms with Crippen molar-refractivity contribution in [2.24, 2.45) is 5.73 Å². The molecule has 0 bridgehead atoms. The Balaban J connectivity index is 1.80. The van der Waals surface area contributed by atoms with E-state index in [0.717, 1.165) is 18.6 Å². The molecule has 0 aliphatic rings. The Hall–Kier alpha value is -2.06. The predicted molar refractivity (Wildman–Crippen MR) is 89.4 cm³/mol. The number of nitrogens with two attached hydrogens (primary N) is 1. The summed E-state index contributed by atoms with van der Waals surface area (Å²) in [5.41, 5.74) is 8.40. The number of ether oxygens (including phenoxy) is 1. The lowest BCUT2D eigenvalue weighted by Gasteiger charge is -2.09. The van der Waals surface area contributed by atoms with Crippen LogP contribution < -0.4 is 10.5 Å². The van der Waals surface area contributed by atoms with Gasteiger partial charge in [0.05, 0.1) is 0 Å². The second kappa shape index (κ2) is 8.28. The first kappa shape index (κ1) is 15.3. The van der Waals surface area contributed by atoms with Crippen molar-refractivity contribution in [3.63, 3.8) is 0 Å². The van der Waals surface area contributed by atoms with Crippen molar-refractivity contribution in [2.75, 3.05) is 6.61 Å². The third-order valence-corrected chi connectivity index (χ3v) is 3.40. The molecule has 0 fully saturated rings. The summed E-state index contributed by atoms with van der Waals surface area (Å²) in [4.78, 5) is 0. The molecule has 0 aliphatic heterocycles. The molecule has 0 aromatic heterocycles. The standard InChI is InChI=1S/C19H23NO/c1-2-18(20)15-17-10-12-19(13-11-17)21-14-6-9-16-7-4-3-5-8-16/h3-13,18H,2,14-15,20H2,1H3/b9-6+. The zero-order valence-electron chi connectivity index (χ0n) is 12.5. The molecule has 2 N–H and O–H groups in total. The second-order valence-corrected chi connectivity index (χ2v) is 5.14. The smallest absolute Gasteiger partial charge is 0.119 e. The van der Waals surface area contributed by atoms with Crippen molar-refractivity contribution in [3.05, 3.63) is 71.8 Å². The highest BCUT2D eigenvalue weighted by molar-refractivity contribution is 5.48. The normalized spacial score (nSPS) is 12.5. The fraction of sp³-hybridized carbons (Fsp3) is 0.263. The first-order chi connectivity index (χ1) is 10.3. The first-order valence-corrected chi connectivity index (χ1v) is 7.47. The van der Waals surface area contributed by atoms with Crippen LogP contribution in [0, 0.1) is 0 Å². The van der Waals surface area contributed by atoms with Crippen LogP contribution in [0.2, 0.25) is 0 Å². The molecule has 0 aliphatic carbocycles. The Bertz CT molecular complexity index is 546. The van der Waals surface area contributed by atoms with Gasteiger partial charge in [-0.3, -0.25) is 0 Å². The largest absolute Gasteiger partial charge is 0.490 e. The third-order valence-electron chi connectivity index (χ3n) is 3.40. The molecule has 110 valence electrons. The molecule has 0 heterocycles. The number of hydrogen-bond donors (Lipinski definition) is 1. The molecule has 2 aromatic rings. The molecule has 0 saturated carbocycles. The summed E-state index contributed by atoms with van der Waals surface area (Å²) in [7, 11) is 0. The molecule has 2 rings (SSSR count). The van der Waals surface area contributed by atoms with E-state index in [-0.39, 0.29) is 6.04 Å². The number of hydrogen-bond acceptors (Lipinski definition) is 2. The van der Waals surface area contributed by atoms with Gasteiger partial charge in [-0.2, -0.15) is 0 Å². The minimum atomic E-state index is 0.241. The summed E-state index contributed by atoms with van der Waals surface area (Å²) in [5, 5.41) is 0. The highest BCUT2D eigenvalue weighted by Crippen LogP contribution is 2.14. The molecule has 0 saturated heterocycles. The highest BCUT2D eigenvalue weighted by atomic mass is 16.5. The Labute approximate surface area is 127 Å². The lowest BCUT2D eigenvalue weighted by atomic mass is 10.0. The molecule has 0 amide bonds. The van der Waals surface area contributed by atoms with Crippen molar-refractivity contribution in [1.29, 1.82) is 0 Å². The van der Waals surface area contributed by atoms with E-state index in [2.05, 4.69) is 37.3 Å². The summed E-state index contributed by atoms with van der Waals surface area (Å²) >= 11 is 0. The highest BCUT2D eigenvalue weighted by Gasteiger charge is 2.01. The Kier molecular flexibility index (Phi) is 6.04. The van der Waals surface area contributed by atoms with E-state index in [0.29, 0.717) is 6.61 Å². The first-order valence-electron chi connectivity index (χ1n) is 7.47. The molecule has 1 atom stereocenters. The summed E-state index contributed by atoms with van der Waals surface area (Å²) in [6.45, 7) is 2.68. The Morgan fingerprint density at radius 2 is 1.76 bits per heavy atom. The van der Waals surface area contributed by atoms with Crippen molar-refractivity contribution in [3.8, 4) is 5.75 Å². The Morgan fingerprint density at radius 1 is 1.05 bits per heavy atom. The van der Waals surface area contributed by atoms with Crippen molar-refractivity contribution < 1.29 is 4.74 Å². The molecule has 1 unspecified atom stereocenters. The monoisotopic (exact) mass is 281 g/mol. The summed E-state index contributed by atoms with van der Waals surface area (Å²) in [5.74, 6) is 0.890. The summed E-state index contributed by atoms with van der Waals surface area (Å²) < 4.78 is 5.70. The molecule has 2 nitrogen and oxygen atoms in total. The fourth-order valence-corrected chi connectivity index (χ4v) is 2.06. The number of rotatable bonds is 7. The maximum Gasteiger partial charge on any atom is 0.119 e. The van der Waals surface area contributed by atoms with E-state index in [1.807, 2.05) is 36.4 Å². The van der Waals surface area contributed by atoms with Gasteiger partial charge in [0, 0.05) is 6.04 Å². The molecular formula is C19H23NO. The van der Waals surface area contributed by atoms with E-state index in [4.69, 9.17) is 10.5 Å². The van der Waals surface area contributed by atoms with Crippen LogP contribution in [0.15, 0.2) is 60.7 Å². The summed E-state index contributed by atoms with van der Waals surface area (Å²) in [6.07, 6.45) is 6.01. The van der Waals surface area contributed by atoms with Crippen molar-refractivity contribution in [2.45, 2.75) is 25.8 Å². The maximum absolute atomic E-state index is 5.96. The zero-order chi connectivity index (χ0) is 14.9. The van der Waals surface area contributed by atoms with Gasteiger partial charge >= 0.3 is 0 Å². The molecule has 0 radical (unpaired) electrons. The van der Waals surface area contributed by atoms with Gasteiger partial charge in [0.1, 0.15) is 12.4 Å². The van der Waals surface area contributed by atoms with Crippen LogP contribution in [0.5, 0.6) is 5.75 Å². The van der Waals surface area contributed by atoms with E-state index in [1.165, 1.54) is 11.1 Å². The quantitative estimate of drug-likeness (QED) is 0.830. The lowest BCUT2D eigenvalue weighted by molar-refractivity contribution is 0.363. The van der Waals surface area contributed by atoms with Crippen LogP contribution in [0.4, 0.5) is 0 Å². The van der Waals surface area contributed by atoms with Crippen LogP contribution in [-0.2, 0) is 6.42 Å². The van der Waals surface area contributed by atoms with Gasteiger partial charge in [0.25, 0.3) is 0 Å². The second-order valence-electron chi connectivity index (χ2n) is 5.14. The van der Waals surface area contributed by atoms with Gasteiger partial charge in [0.15, 0.2) is 0 Å². The minimum absolute atomic E-state index is 0.241. The zero-order valence-corrected chi connectivity index (χ0v) is 12.5. The average Bonchev–Trinajstić information content (AvgIpc) is 2.54. The van der Waals surface area contributed by atoms with Crippen LogP contribution in [0.3, 0.4) is 0 Å².